The van der Waals surface area contributed by atoms with Crippen molar-refractivity contribution in [3.63, 3.8) is 0 Å². The van der Waals surface area contributed by atoms with Crippen LogP contribution in [0, 0.1) is 5.92 Å². The molecular weight excluding hydrogens is 344 g/mol. The Morgan fingerprint density at radius 1 is 1.12 bits per heavy atom. The number of halogens is 1. The van der Waals surface area contributed by atoms with Crippen molar-refractivity contribution < 1.29 is 4.79 Å². The average molecular weight is 373 g/mol. The van der Waals surface area contributed by atoms with Crippen LogP contribution in [0.15, 0.2) is 60.7 Å². The summed E-state index contributed by atoms with van der Waals surface area (Å²) in [5.74, 6) is 0.867. The first-order valence-corrected chi connectivity index (χ1v) is 9.31. The minimum atomic E-state index is 0. The SMILES string of the molecule is CC1CNCCC1NC(=O)CC(Cc1ccccc1)c1ccccc1.Cl. The molecule has 0 spiro atoms. The van der Waals surface area contributed by atoms with Crippen LogP contribution in [0.4, 0.5) is 0 Å². The molecule has 3 atom stereocenters. The molecule has 2 N–H and O–H groups in total. The highest BCUT2D eigenvalue weighted by Gasteiger charge is 2.24. The number of benzene rings is 2. The highest BCUT2D eigenvalue weighted by molar-refractivity contribution is 5.85. The van der Waals surface area contributed by atoms with Crippen LogP contribution in [-0.2, 0) is 11.2 Å². The first-order chi connectivity index (χ1) is 12.2. The lowest BCUT2D eigenvalue weighted by atomic mass is 9.88. The molecule has 2 aromatic rings. The lowest BCUT2D eigenvalue weighted by molar-refractivity contribution is -0.122. The molecule has 1 aliphatic rings. The Kier molecular flexibility index (Phi) is 8.14. The van der Waals surface area contributed by atoms with E-state index in [0.29, 0.717) is 18.4 Å². The quantitative estimate of drug-likeness (QED) is 0.806. The predicted octanol–water partition coefficient (Wildman–Crippen LogP) is 3.94. The molecule has 0 saturated carbocycles. The molecule has 1 amide bonds. The number of nitrogens with one attached hydrogen (secondary N) is 2. The van der Waals surface area contributed by atoms with Crippen LogP contribution in [-0.4, -0.2) is 25.0 Å². The maximum atomic E-state index is 12.7. The minimum Gasteiger partial charge on any atom is -0.353 e. The number of hydrogen-bond acceptors (Lipinski definition) is 2. The van der Waals surface area contributed by atoms with Gasteiger partial charge in [0.15, 0.2) is 0 Å². The third kappa shape index (κ3) is 5.86. The maximum Gasteiger partial charge on any atom is 0.220 e. The van der Waals surface area contributed by atoms with E-state index in [1.54, 1.807) is 0 Å². The highest BCUT2D eigenvalue weighted by Crippen LogP contribution is 2.25. The van der Waals surface area contributed by atoms with Crippen LogP contribution in [0.2, 0.25) is 0 Å². The Bertz CT molecular complexity index is 662. The second kappa shape index (κ2) is 10.3. The number of piperidine rings is 1. The lowest BCUT2D eigenvalue weighted by Gasteiger charge is -2.30. The van der Waals surface area contributed by atoms with Gasteiger partial charge in [-0.1, -0.05) is 67.6 Å². The minimum absolute atomic E-state index is 0. The van der Waals surface area contributed by atoms with Gasteiger partial charge in [0.1, 0.15) is 0 Å². The van der Waals surface area contributed by atoms with Gasteiger partial charge in [0.25, 0.3) is 0 Å². The third-order valence-corrected chi connectivity index (χ3v) is 5.16. The molecule has 3 unspecified atom stereocenters. The van der Waals surface area contributed by atoms with Crippen molar-refractivity contribution in [1.82, 2.24) is 10.6 Å². The molecule has 0 aromatic heterocycles. The molecule has 0 bridgehead atoms. The van der Waals surface area contributed by atoms with Gasteiger partial charge in [-0.2, -0.15) is 0 Å². The Morgan fingerprint density at radius 3 is 2.42 bits per heavy atom. The fourth-order valence-electron chi connectivity index (χ4n) is 3.65. The zero-order valence-electron chi connectivity index (χ0n) is 15.4. The summed E-state index contributed by atoms with van der Waals surface area (Å²) >= 11 is 0. The standard InChI is InChI=1S/C22H28N2O.ClH/c1-17-16-23-13-12-21(17)24-22(25)15-20(19-10-6-3-7-11-19)14-18-8-4-2-5-9-18;/h2-11,17,20-21,23H,12-16H2,1H3,(H,24,25);1H. The Labute approximate surface area is 163 Å². The highest BCUT2D eigenvalue weighted by atomic mass is 35.5. The zero-order valence-corrected chi connectivity index (χ0v) is 16.2. The summed E-state index contributed by atoms with van der Waals surface area (Å²) in [4.78, 5) is 12.7. The largest absolute Gasteiger partial charge is 0.353 e. The molecule has 26 heavy (non-hydrogen) atoms. The normalized spacial score (nSPS) is 20.7. The monoisotopic (exact) mass is 372 g/mol. The van der Waals surface area contributed by atoms with Gasteiger partial charge in [-0.3, -0.25) is 4.79 Å². The van der Waals surface area contributed by atoms with Crippen molar-refractivity contribution in [3.05, 3.63) is 71.8 Å². The van der Waals surface area contributed by atoms with E-state index in [9.17, 15) is 4.79 Å². The van der Waals surface area contributed by atoms with E-state index < -0.39 is 0 Å². The van der Waals surface area contributed by atoms with Gasteiger partial charge in [-0.25, -0.2) is 0 Å². The van der Waals surface area contributed by atoms with Gasteiger partial charge in [0, 0.05) is 12.5 Å². The van der Waals surface area contributed by atoms with Gasteiger partial charge in [0.2, 0.25) is 5.91 Å². The summed E-state index contributed by atoms with van der Waals surface area (Å²) in [6, 6.07) is 21.1. The van der Waals surface area contributed by atoms with E-state index >= 15 is 0 Å². The molecule has 2 aromatic carbocycles. The van der Waals surface area contributed by atoms with E-state index in [2.05, 4.69) is 66.1 Å². The van der Waals surface area contributed by atoms with Crippen LogP contribution in [0.1, 0.15) is 36.8 Å². The summed E-state index contributed by atoms with van der Waals surface area (Å²) in [5, 5.41) is 6.66. The number of amides is 1. The molecule has 3 rings (SSSR count). The average Bonchev–Trinajstić information content (AvgIpc) is 2.65. The van der Waals surface area contributed by atoms with Crippen molar-refractivity contribution in [3.8, 4) is 0 Å². The van der Waals surface area contributed by atoms with Crippen LogP contribution >= 0.6 is 12.4 Å². The summed E-state index contributed by atoms with van der Waals surface area (Å²) in [6.07, 6.45) is 2.44. The van der Waals surface area contributed by atoms with Gasteiger partial charge in [-0.15, -0.1) is 12.4 Å². The zero-order chi connectivity index (χ0) is 17.5. The summed E-state index contributed by atoms with van der Waals surface area (Å²) in [6.45, 7) is 4.17. The number of carbonyl (C=O) groups excluding carboxylic acids is 1. The first-order valence-electron chi connectivity index (χ1n) is 9.31. The molecule has 0 radical (unpaired) electrons. The molecular formula is C22H29ClN2O. The molecule has 1 aliphatic heterocycles. The molecule has 140 valence electrons. The molecule has 1 fully saturated rings. The van der Waals surface area contributed by atoms with Crippen molar-refractivity contribution in [2.24, 2.45) is 5.92 Å². The van der Waals surface area contributed by atoms with Gasteiger partial charge < -0.3 is 10.6 Å². The van der Waals surface area contributed by atoms with Crippen LogP contribution in [0.25, 0.3) is 0 Å². The van der Waals surface area contributed by atoms with Crippen molar-refractivity contribution in [2.75, 3.05) is 13.1 Å². The molecule has 1 saturated heterocycles. The Hall–Kier alpha value is -1.84. The number of carbonyl (C=O) groups is 1. The summed E-state index contributed by atoms with van der Waals surface area (Å²) < 4.78 is 0. The smallest absolute Gasteiger partial charge is 0.220 e. The summed E-state index contributed by atoms with van der Waals surface area (Å²) in [7, 11) is 0. The second-order valence-electron chi connectivity index (χ2n) is 7.15. The predicted molar refractivity (Wildman–Crippen MR) is 110 cm³/mol. The van der Waals surface area contributed by atoms with E-state index in [1.807, 2.05) is 12.1 Å². The number of hydrogen-bond donors (Lipinski definition) is 2. The van der Waals surface area contributed by atoms with E-state index in [1.165, 1.54) is 11.1 Å². The van der Waals surface area contributed by atoms with Crippen LogP contribution in [0.5, 0.6) is 0 Å². The fraction of sp³-hybridized carbons (Fsp3) is 0.409. The van der Waals surface area contributed by atoms with E-state index in [0.717, 1.165) is 25.9 Å². The first kappa shape index (κ1) is 20.5. The third-order valence-electron chi connectivity index (χ3n) is 5.16. The van der Waals surface area contributed by atoms with Gasteiger partial charge in [-0.05, 0) is 48.9 Å². The molecule has 4 heteroatoms. The van der Waals surface area contributed by atoms with E-state index in [-0.39, 0.29) is 24.2 Å². The topological polar surface area (TPSA) is 41.1 Å². The molecule has 1 heterocycles. The lowest BCUT2D eigenvalue weighted by Crippen LogP contribution is -2.48. The molecule has 0 aliphatic carbocycles. The fourth-order valence-corrected chi connectivity index (χ4v) is 3.65. The molecule has 3 nitrogen and oxygen atoms in total. The summed E-state index contributed by atoms with van der Waals surface area (Å²) in [5.41, 5.74) is 2.51. The second-order valence-corrected chi connectivity index (χ2v) is 7.15. The Morgan fingerprint density at radius 2 is 1.77 bits per heavy atom. The van der Waals surface area contributed by atoms with Crippen molar-refractivity contribution in [2.45, 2.75) is 38.1 Å². The van der Waals surface area contributed by atoms with Crippen molar-refractivity contribution >= 4 is 18.3 Å². The Balaban J connectivity index is 0.00000243. The van der Waals surface area contributed by atoms with E-state index in [4.69, 9.17) is 0 Å². The van der Waals surface area contributed by atoms with Crippen LogP contribution in [0.3, 0.4) is 0 Å². The van der Waals surface area contributed by atoms with Gasteiger partial charge in [0.05, 0.1) is 0 Å². The van der Waals surface area contributed by atoms with Crippen molar-refractivity contribution in [1.29, 1.82) is 0 Å². The number of rotatable bonds is 6. The van der Waals surface area contributed by atoms with Crippen LogP contribution < -0.4 is 10.6 Å². The van der Waals surface area contributed by atoms with Gasteiger partial charge >= 0.3 is 0 Å². The maximum absolute atomic E-state index is 12.7.